The summed E-state index contributed by atoms with van der Waals surface area (Å²) in [6.07, 6.45) is 11.2. The number of nitrogens with one attached hydrogen (secondary N) is 1. The van der Waals surface area contributed by atoms with Crippen LogP contribution in [0.1, 0.15) is 81.4 Å². The second-order valence-corrected chi connectivity index (χ2v) is 18.3. The smallest absolute Gasteiger partial charge is 0.286 e. The van der Waals surface area contributed by atoms with Gasteiger partial charge in [-0.2, -0.15) is 0 Å². The SMILES string of the molecule is CO[C@H]1/C=C/C[C@H](C)CS(=O)(NC(=O)c2cc(C(=O)N(C)C)n(C)c2)=NC(=O)c2ccc3c(c2)N(C[C@@H]2CC[C@H]21)C[C@@]1(CCCc2cc(Cl)ccc21)CO3. The van der Waals surface area contributed by atoms with E-state index in [1.807, 2.05) is 19.1 Å². The maximum atomic E-state index is 14.7. The number of benzene rings is 2. The Kier molecular flexibility index (Phi) is 10.7. The number of carbonyl (C=O) groups excluding carboxylic acids is 3. The average Bonchev–Trinajstić information content (AvgIpc) is 3.44. The van der Waals surface area contributed by atoms with Gasteiger partial charge in [-0.15, -0.1) is 4.36 Å². The van der Waals surface area contributed by atoms with Crippen molar-refractivity contribution in [2.24, 2.45) is 29.2 Å². The lowest BCUT2D eigenvalue weighted by Crippen LogP contribution is -2.49. The molecule has 3 amide bonds. The van der Waals surface area contributed by atoms with Crippen LogP contribution >= 0.6 is 11.6 Å². The summed E-state index contributed by atoms with van der Waals surface area (Å²) in [5, 5.41) is 0.728. The fourth-order valence-corrected chi connectivity index (χ4v) is 10.8. The van der Waals surface area contributed by atoms with Crippen molar-refractivity contribution in [1.82, 2.24) is 14.2 Å². The third-order valence-electron chi connectivity index (χ3n) is 11.7. The zero-order valence-electron chi connectivity index (χ0n) is 31.7. The van der Waals surface area contributed by atoms with Gasteiger partial charge in [0, 0.05) is 63.5 Å². The molecule has 6 atom stereocenters. The number of halogens is 1. The molecule has 54 heavy (non-hydrogen) atoms. The number of methoxy groups -OCH3 is 1. The molecular formula is C41H50ClN5O6S. The molecule has 11 nitrogen and oxygen atoms in total. The molecule has 7 rings (SSSR count). The molecule has 1 spiro atoms. The van der Waals surface area contributed by atoms with Crippen LogP contribution in [0.5, 0.6) is 5.75 Å². The van der Waals surface area contributed by atoms with E-state index in [-0.39, 0.29) is 40.2 Å². The number of fused-ring (bicyclic) bond motifs is 4. The molecule has 0 saturated heterocycles. The van der Waals surface area contributed by atoms with E-state index in [0.717, 1.165) is 49.4 Å². The summed E-state index contributed by atoms with van der Waals surface area (Å²) >= 11 is 6.46. The Balaban J connectivity index is 1.28. The molecule has 3 aromatic rings. The molecule has 2 aliphatic carbocycles. The fraction of sp³-hybridized carbons (Fsp3) is 0.488. The van der Waals surface area contributed by atoms with Crippen molar-refractivity contribution in [3.63, 3.8) is 0 Å². The Labute approximate surface area is 323 Å². The van der Waals surface area contributed by atoms with Crippen molar-refractivity contribution >= 4 is 44.9 Å². The molecule has 0 radical (unpaired) electrons. The highest BCUT2D eigenvalue weighted by Crippen LogP contribution is 2.47. The second kappa shape index (κ2) is 15.2. The molecule has 2 aliphatic heterocycles. The van der Waals surface area contributed by atoms with Gasteiger partial charge >= 0.3 is 0 Å². The lowest BCUT2D eigenvalue weighted by molar-refractivity contribution is 0.0131. The third-order valence-corrected chi connectivity index (χ3v) is 13.9. The molecule has 1 aromatic heterocycles. The van der Waals surface area contributed by atoms with Gasteiger partial charge in [-0.05, 0) is 104 Å². The first-order chi connectivity index (χ1) is 25.8. The molecule has 13 heteroatoms. The van der Waals surface area contributed by atoms with Crippen molar-refractivity contribution in [3.8, 4) is 5.75 Å². The van der Waals surface area contributed by atoms with E-state index in [9.17, 15) is 18.6 Å². The quantitative estimate of drug-likeness (QED) is 0.303. The van der Waals surface area contributed by atoms with Crippen LogP contribution < -0.4 is 14.4 Å². The number of aryl methyl sites for hydroxylation is 2. The number of carbonyl (C=O) groups is 3. The predicted molar refractivity (Wildman–Crippen MR) is 211 cm³/mol. The van der Waals surface area contributed by atoms with Crippen molar-refractivity contribution in [2.75, 3.05) is 51.6 Å². The Morgan fingerprint density at radius 1 is 1.15 bits per heavy atom. The van der Waals surface area contributed by atoms with Gasteiger partial charge in [0.05, 0.1) is 29.7 Å². The molecule has 1 N–H and O–H groups in total. The van der Waals surface area contributed by atoms with E-state index in [4.69, 9.17) is 21.1 Å². The zero-order valence-corrected chi connectivity index (χ0v) is 33.3. The number of anilines is 1. The lowest BCUT2D eigenvalue weighted by atomic mass is 9.68. The van der Waals surface area contributed by atoms with Gasteiger partial charge in [0.2, 0.25) is 0 Å². The maximum Gasteiger partial charge on any atom is 0.286 e. The normalized spacial score (nSPS) is 28.7. The number of rotatable bonds is 4. The summed E-state index contributed by atoms with van der Waals surface area (Å²) in [6, 6.07) is 12.9. The van der Waals surface area contributed by atoms with Crippen molar-refractivity contribution < 1.29 is 28.1 Å². The van der Waals surface area contributed by atoms with Gasteiger partial charge in [-0.25, -0.2) is 4.21 Å². The number of ether oxygens (including phenoxy) is 2. The number of nitrogens with zero attached hydrogens (tertiary/aromatic N) is 4. The molecule has 4 aliphatic rings. The molecule has 288 valence electrons. The topological polar surface area (TPSA) is 123 Å². The maximum absolute atomic E-state index is 14.7. The average molecular weight is 776 g/mol. The summed E-state index contributed by atoms with van der Waals surface area (Å²) in [7, 11) is 3.04. The van der Waals surface area contributed by atoms with Crippen molar-refractivity contribution in [3.05, 3.63) is 93.8 Å². The van der Waals surface area contributed by atoms with Crippen LogP contribution in [0.15, 0.2) is 65.2 Å². The largest absolute Gasteiger partial charge is 0.490 e. The summed E-state index contributed by atoms with van der Waals surface area (Å²) in [5.41, 5.74) is 3.72. The molecule has 2 aromatic carbocycles. The minimum absolute atomic E-state index is 0.0546. The van der Waals surface area contributed by atoms with Crippen LogP contribution in [-0.2, 0) is 33.5 Å². The summed E-state index contributed by atoms with van der Waals surface area (Å²) < 4.78 is 35.8. The molecule has 1 fully saturated rings. The fourth-order valence-electron chi connectivity index (χ4n) is 8.70. The third kappa shape index (κ3) is 7.57. The minimum Gasteiger partial charge on any atom is -0.490 e. The highest BCUT2D eigenvalue weighted by molar-refractivity contribution is 7.92. The highest BCUT2D eigenvalue weighted by atomic mass is 35.5. The van der Waals surface area contributed by atoms with Crippen LogP contribution in [0, 0.1) is 17.8 Å². The minimum atomic E-state index is -3.63. The van der Waals surface area contributed by atoms with Gasteiger partial charge in [0.1, 0.15) is 21.4 Å². The Hall–Kier alpha value is -4.13. The van der Waals surface area contributed by atoms with Crippen molar-refractivity contribution in [1.29, 1.82) is 0 Å². The number of aromatic nitrogens is 1. The molecule has 1 saturated carbocycles. The monoisotopic (exact) mass is 775 g/mol. The molecular weight excluding hydrogens is 726 g/mol. The van der Waals surface area contributed by atoms with Crippen LogP contribution in [0.2, 0.25) is 5.02 Å². The first-order valence-corrected chi connectivity index (χ1v) is 20.8. The molecule has 2 bridgehead atoms. The summed E-state index contributed by atoms with van der Waals surface area (Å²) in [4.78, 5) is 44.2. The van der Waals surface area contributed by atoms with Crippen LogP contribution in [0.3, 0.4) is 0 Å². The first kappa shape index (κ1) is 38.2. The van der Waals surface area contributed by atoms with Crippen LogP contribution in [-0.4, -0.2) is 84.2 Å². The molecule has 1 unspecified atom stereocenters. The first-order valence-electron chi connectivity index (χ1n) is 18.8. The number of hydrogen-bond acceptors (Lipinski definition) is 7. The van der Waals surface area contributed by atoms with Gasteiger partial charge in [0.25, 0.3) is 17.7 Å². The summed E-state index contributed by atoms with van der Waals surface area (Å²) in [5.74, 6) is -0.543. The van der Waals surface area contributed by atoms with Crippen LogP contribution in [0.25, 0.3) is 0 Å². The van der Waals surface area contributed by atoms with Gasteiger partial charge < -0.3 is 23.8 Å². The van der Waals surface area contributed by atoms with Crippen LogP contribution in [0.4, 0.5) is 5.69 Å². The Bertz CT molecular complexity index is 2120. The zero-order chi connectivity index (χ0) is 38.4. The number of hydrogen-bond donors (Lipinski definition) is 1. The van der Waals surface area contributed by atoms with Crippen molar-refractivity contribution in [2.45, 2.75) is 57.0 Å². The lowest BCUT2D eigenvalue weighted by Gasteiger charge is -2.46. The van der Waals surface area contributed by atoms with Gasteiger partial charge in [-0.3, -0.25) is 19.1 Å². The van der Waals surface area contributed by atoms with Gasteiger partial charge in [-0.1, -0.05) is 36.7 Å². The van der Waals surface area contributed by atoms with Gasteiger partial charge in [0.15, 0.2) is 0 Å². The van der Waals surface area contributed by atoms with E-state index in [2.05, 4.69) is 38.3 Å². The van der Waals surface area contributed by atoms with E-state index in [0.29, 0.717) is 42.9 Å². The Morgan fingerprint density at radius 3 is 2.70 bits per heavy atom. The highest BCUT2D eigenvalue weighted by Gasteiger charge is 2.44. The standard InChI is InChI=1S/C41H50ClN5O6S/c1-26-8-6-10-36(52-5)32-14-11-29(32)22-47-24-41(17-7-9-27-18-31(42)13-15-33(27)41)25-53-37-16-12-28(19-34(37)47)38(48)43-54(51,23-26)44-39(49)30-20-35(46(4)21-30)40(50)45(2)3/h6,10,12-13,15-16,18-21,26,29,32,36H,7-9,11,14,17,22-25H2,1-5H3,(H,43,44,48,49,51)/b10-6+/t26-,29-,32+,36-,41-,54?/m0/s1. The predicted octanol–water partition coefficient (Wildman–Crippen LogP) is 6.44. The number of amides is 3. The second-order valence-electron chi connectivity index (χ2n) is 15.8. The summed E-state index contributed by atoms with van der Waals surface area (Å²) in [6.45, 7) is 3.86. The van der Waals surface area contributed by atoms with E-state index in [1.54, 1.807) is 45.0 Å². The van der Waals surface area contributed by atoms with E-state index >= 15 is 0 Å². The van der Waals surface area contributed by atoms with E-state index in [1.165, 1.54) is 28.3 Å². The molecule has 3 heterocycles. The van der Waals surface area contributed by atoms with E-state index < -0.39 is 21.7 Å². The number of allylic oxidation sites excluding steroid dienone is 1. The Morgan fingerprint density at radius 2 is 1.96 bits per heavy atom.